The molecule has 0 bridgehead atoms. The lowest BCUT2D eigenvalue weighted by atomic mass is 10.0. The molecule has 0 aliphatic rings. The first-order chi connectivity index (χ1) is 12.1. The minimum Gasteiger partial charge on any atom is -0.497 e. The van der Waals surface area contributed by atoms with Crippen molar-refractivity contribution in [3.05, 3.63) is 42.0 Å². The summed E-state index contributed by atoms with van der Waals surface area (Å²) in [4.78, 5) is 12.4. The van der Waals surface area contributed by atoms with E-state index in [2.05, 4.69) is 0 Å². The minimum atomic E-state index is -0.506. The Labute approximate surface area is 144 Å². The van der Waals surface area contributed by atoms with Crippen LogP contribution in [-0.2, 0) is 4.74 Å². The second-order valence-corrected chi connectivity index (χ2v) is 5.23. The van der Waals surface area contributed by atoms with Gasteiger partial charge >= 0.3 is 5.97 Å². The second-order valence-electron chi connectivity index (χ2n) is 5.23. The molecule has 0 aliphatic heterocycles. The molecule has 6 heteroatoms. The first kappa shape index (κ1) is 16.7. The number of carbonyl (C=O) groups excluding carboxylic acids is 1. The number of furan rings is 1. The lowest BCUT2D eigenvalue weighted by molar-refractivity contribution is 0.0603. The summed E-state index contributed by atoms with van der Waals surface area (Å²) in [6, 6.07) is 10.6. The minimum absolute atomic E-state index is 0.308. The molecule has 0 saturated carbocycles. The first-order valence-electron chi connectivity index (χ1n) is 7.54. The fraction of sp³-hybridized carbons (Fsp3) is 0.211. The van der Waals surface area contributed by atoms with Crippen molar-refractivity contribution < 1.29 is 28.2 Å². The number of fused-ring (bicyclic) bond motifs is 1. The van der Waals surface area contributed by atoms with E-state index in [-0.39, 0.29) is 0 Å². The third kappa shape index (κ3) is 2.87. The number of hydrogen-bond acceptors (Lipinski definition) is 6. The van der Waals surface area contributed by atoms with Gasteiger partial charge in [-0.1, -0.05) is 0 Å². The van der Waals surface area contributed by atoms with Crippen LogP contribution in [0.1, 0.15) is 10.4 Å². The molecule has 6 nitrogen and oxygen atoms in total. The van der Waals surface area contributed by atoms with Crippen LogP contribution < -0.4 is 14.2 Å². The van der Waals surface area contributed by atoms with Gasteiger partial charge in [-0.3, -0.25) is 0 Å². The van der Waals surface area contributed by atoms with Gasteiger partial charge in [0, 0.05) is 17.7 Å². The number of methoxy groups -OCH3 is 4. The first-order valence-corrected chi connectivity index (χ1v) is 7.54. The number of ether oxygens (including phenoxy) is 4. The monoisotopic (exact) mass is 342 g/mol. The van der Waals surface area contributed by atoms with Crippen molar-refractivity contribution in [2.24, 2.45) is 0 Å². The van der Waals surface area contributed by atoms with E-state index >= 15 is 0 Å². The molecule has 0 spiro atoms. The molecule has 1 aromatic heterocycles. The van der Waals surface area contributed by atoms with Crippen LogP contribution in [0.5, 0.6) is 17.2 Å². The summed E-state index contributed by atoms with van der Waals surface area (Å²) in [5.74, 6) is 1.64. The van der Waals surface area contributed by atoms with Gasteiger partial charge in [0.15, 0.2) is 0 Å². The Morgan fingerprint density at radius 3 is 2.12 bits per heavy atom. The summed E-state index contributed by atoms with van der Waals surface area (Å²) in [7, 11) is 5.99. The quantitative estimate of drug-likeness (QED) is 0.655. The summed E-state index contributed by atoms with van der Waals surface area (Å²) in [6.45, 7) is 0. The van der Waals surface area contributed by atoms with Gasteiger partial charge in [0.05, 0.1) is 33.8 Å². The van der Waals surface area contributed by atoms with E-state index in [0.717, 1.165) is 5.56 Å². The number of rotatable bonds is 5. The zero-order valence-corrected chi connectivity index (χ0v) is 14.4. The number of esters is 1. The largest absolute Gasteiger partial charge is 0.497 e. The third-order valence-electron chi connectivity index (χ3n) is 3.93. The van der Waals surface area contributed by atoms with Gasteiger partial charge in [-0.05, 0) is 24.3 Å². The average Bonchev–Trinajstić information content (AvgIpc) is 3.05. The van der Waals surface area contributed by atoms with Crippen LogP contribution in [0.2, 0.25) is 0 Å². The highest BCUT2D eigenvalue weighted by molar-refractivity contribution is 6.11. The van der Waals surface area contributed by atoms with Crippen LogP contribution in [0.3, 0.4) is 0 Å². The third-order valence-corrected chi connectivity index (χ3v) is 3.93. The van der Waals surface area contributed by atoms with Gasteiger partial charge in [-0.25, -0.2) is 4.79 Å². The predicted octanol–water partition coefficient (Wildman–Crippen LogP) is 3.91. The van der Waals surface area contributed by atoms with Crippen molar-refractivity contribution in [3.63, 3.8) is 0 Å². The van der Waals surface area contributed by atoms with Crippen molar-refractivity contribution in [1.29, 1.82) is 0 Å². The van der Waals surface area contributed by atoms with Crippen LogP contribution in [0.15, 0.2) is 40.8 Å². The average molecular weight is 342 g/mol. The maximum absolute atomic E-state index is 12.4. The molecule has 0 N–H and O–H groups in total. The van der Waals surface area contributed by atoms with E-state index in [9.17, 15) is 4.79 Å². The van der Waals surface area contributed by atoms with Crippen LogP contribution in [0.25, 0.3) is 22.3 Å². The van der Waals surface area contributed by atoms with E-state index in [1.165, 1.54) is 14.2 Å². The molecule has 3 aromatic rings. The molecule has 25 heavy (non-hydrogen) atoms. The normalized spacial score (nSPS) is 10.6. The van der Waals surface area contributed by atoms with Crippen molar-refractivity contribution >= 4 is 16.9 Å². The van der Waals surface area contributed by atoms with E-state index in [0.29, 0.717) is 39.5 Å². The standard InChI is InChI=1S/C19H18O6/c1-21-12-7-5-11(6-8-12)18-17(19(20)24-4)16-14(23-3)9-13(22-2)10-15(16)25-18/h5-10H,1-4H3. The Bertz CT molecular complexity index is 908. The Hall–Kier alpha value is -3.15. The number of hydrogen-bond donors (Lipinski definition) is 0. The SMILES string of the molecule is COC(=O)c1c(-c2ccc(OC)cc2)oc2cc(OC)cc(OC)c12. The number of benzene rings is 2. The highest BCUT2D eigenvalue weighted by atomic mass is 16.5. The predicted molar refractivity (Wildman–Crippen MR) is 92.6 cm³/mol. The molecule has 2 aromatic carbocycles. The van der Waals surface area contributed by atoms with E-state index in [4.69, 9.17) is 23.4 Å². The van der Waals surface area contributed by atoms with Crippen LogP contribution in [0.4, 0.5) is 0 Å². The van der Waals surface area contributed by atoms with Crippen molar-refractivity contribution in [3.8, 4) is 28.6 Å². The molecule has 0 aliphatic carbocycles. The van der Waals surface area contributed by atoms with Gasteiger partial charge in [0.1, 0.15) is 34.2 Å². The van der Waals surface area contributed by atoms with Crippen LogP contribution in [0, 0.1) is 0 Å². The molecule has 0 saturated heterocycles. The summed E-state index contributed by atoms with van der Waals surface area (Å²) >= 11 is 0. The van der Waals surface area contributed by atoms with E-state index in [1.54, 1.807) is 38.5 Å². The fourth-order valence-corrected chi connectivity index (χ4v) is 2.69. The highest BCUT2D eigenvalue weighted by Crippen LogP contribution is 2.41. The molecule has 0 amide bonds. The van der Waals surface area contributed by atoms with Crippen molar-refractivity contribution in [2.45, 2.75) is 0 Å². The van der Waals surface area contributed by atoms with Crippen molar-refractivity contribution in [1.82, 2.24) is 0 Å². The van der Waals surface area contributed by atoms with Gasteiger partial charge in [-0.15, -0.1) is 0 Å². The Balaban J connectivity index is 2.31. The molecular formula is C19H18O6. The van der Waals surface area contributed by atoms with Crippen LogP contribution >= 0.6 is 0 Å². The lowest BCUT2D eigenvalue weighted by Crippen LogP contribution is -2.02. The highest BCUT2D eigenvalue weighted by Gasteiger charge is 2.26. The van der Waals surface area contributed by atoms with Crippen LogP contribution in [-0.4, -0.2) is 34.4 Å². The molecule has 0 fully saturated rings. The summed E-state index contributed by atoms with van der Waals surface area (Å²) < 4.78 is 26.8. The maximum atomic E-state index is 12.4. The number of carbonyl (C=O) groups is 1. The van der Waals surface area contributed by atoms with Crippen molar-refractivity contribution in [2.75, 3.05) is 28.4 Å². The fourth-order valence-electron chi connectivity index (χ4n) is 2.69. The summed E-state index contributed by atoms with van der Waals surface area (Å²) in [5.41, 5.74) is 1.50. The van der Waals surface area contributed by atoms with Gasteiger partial charge in [0.25, 0.3) is 0 Å². The molecule has 3 rings (SSSR count). The van der Waals surface area contributed by atoms with Gasteiger partial charge < -0.3 is 23.4 Å². The Kier molecular flexibility index (Phi) is 4.52. The molecular weight excluding hydrogens is 324 g/mol. The lowest BCUT2D eigenvalue weighted by Gasteiger charge is -2.06. The topological polar surface area (TPSA) is 67.1 Å². The smallest absolute Gasteiger partial charge is 0.342 e. The van der Waals surface area contributed by atoms with E-state index in [1.807, 2.05) is 12.1 Å². The molecule has 0 radical (unpaired) electrons. The zero-order chi connectivity index (χ0) is 18.0. The van der Waals surface area contributed by atoms with E-state index < -0.39 is 5.97 Å². The Morgan fingerprint density at radius 1 is 0.880 bits per heavy atom. The molecule has 1 heterocycles. The zero-order valence-electron chi connectivity index (χ0n) is 14.4. The summed E-state index contributed by atoms with van der Waals surface area (Å²) in [6.07, 6.45) is 0. The molecule has 0 unspecified atom stereocenters. The molecule has 130 valence electrons. The summed E-state index contributed by atoms with van der Waals surface area (Å²) in [5, 5.41) is 0.543. The van der Waals surface area contributed by atoms with Gasteiger partial charge in [0.2, 0.25) is 0 Å². The Morgan fingerprint density at radius 2 is 1.56 bits per heavy atom. The molecule has 0 atom stereocenters. The van der Waals surface area contributed by atoms with Gasteiger partial charge in [-0.2, -0.15) is 0 Å². The maximum Gasteiger partial charge on any atom is 0.342 e. The second kappa shape index (κ2) is 6.76.